The average molecular weight is 522 g/mol. The van der Waals surface area contributed by atoms with Gasteiger partial charge in [0.05, 0.1) is 19.7 Å². The topological polar surface area (TPSA) is 59.9 Å². The number of hydrazone groups is 1. The Hall–Kier alpha value is -2.54. The maximum atomic E-state index is 12.0. The van der Waals surface area contributed by atoms with E-state index in [9.17, 15) is 4.79 Å². The molecule has 1 amide bonds. The van der Waals surface area contributed by atoms with Crippen LogP contribution >= 0.6 is 39.1 Å². The van der Waals surface area contributed by atoms with Gasteiger partial charge in [-0.1, -0.05) is 59.6 Å². The minimum atomic E-state index is -0.203. The van der Waals surface area contributed by atoms with Crippen LogP contribution in [0.1, 0.15) is 16.7 Å². The van der Waals surface area contributed by atoms with Gasteiger partial charge in [0, 0.05) is 25.6 Å². The third kappa shape index (κ3) is 6.72. The number of methoxy groups -OCH3 is 1. The number of hydrogen-bond acceptors (Lipinski definition) is 4. The minimum absolute atomic E-state index is 0.203. The number of amides is 1. The molecular weight excluding hydrogens is 503 g/mol. The van der Waals surface area contributed by atoms with E-state index in [1.807, 2.05) is 36.4 Å². The van der Waals surface area contributed by atoms with Gasteiger partial charge in [0.25, 0.3) is 0 Å². The van der Waals surface area contributed by atoms with E-state index in [0.29, 0.717) is 27.1 Å². The van der Waals surface area contributed by atoms with Crippen LogP contribution in [0.4, 0.5) is 0 Å². The molecule has 0 unspecified atom stereocenters. The first kappa shape index (κ1) is 23.1. The summed E-state index contributed by atoms with van der Waals surface area (Å²) in [7, 11) is 1.55. The van der Waals surface area contributed by atoms with Crippen molar-refractivity contribution in [1.82, 2.24) is 5.43 Å². The van der Waals surface area contributed by atoms with Crippen molar-refractivity contribution in [3.05, 3.63) is 91.9 Å². The van der Waals surface area contributed by atoms with Crippen LogP contribution < -0.4 is 14.9 Å². The Balaban J connectivity index is 1.65. The Morgan fingerprint density at radius 3 is 2.58 bits per heavy atom. The van der Waals surface area contributed by atoms with Crippen LogP contribution in [0, 0.1) is 0 Å². The van der Waals surface area contributed by atoms with Gasteiger partial charge in [-0.05, 0) is 45.8 Å². The molecule has 0 fully saturated rings. The molecule has 0 aliphatic carbocycles. The van der Waals surface area contributed by atoms with E-state index in [1.54, 1.807) is 31.4 Å². The zero-order chi connectivity index (χ0) is 22.2. The number of benzene rings is 3. The standard InChI is InChI=1S/C23H19BrCl2N2O3/c1-30-21-10-17(13-27-28-23(29)9-15-5-3-2-4-6-15)19(24)12-22(21)31-14-16-7-8-18(25)11-20(16)26/h2-8,10-13H,9,14H2,1H3,(H,28,29)/b27-13+. The highest BCUT2D eigenvalue weighted by Crippen LogP contribution is 2.34. The quantitative estimate of drug-likeness (QED) is 0.290. The van der Waals surface area contributed by atoms with Crippen molar-refractivity contribution in [2.24, 2.45) is 5.10 Å². The SMILES string of the molecule is COc1cc(/C=N/NC(=O)Cc2ccccc2)c(Br)cc1OCc1ccc(Cl)cc1Cl. The molecule has 3 aromatic rings. The van der Waals surface area contributed by atoms with E-state index >= 15 is 0 Å². The van der Waals surface area contributed by atoms with Crippen LogP contribution in [0.15, 0.2) is 70.2 Å². The largest absolute Gasteiger partial charge is 0.493 e. The number of ether oxygens (including phenoxy) is 2. The smallest absolute Gasteiger partial charge is 0.244 e. The maximum Gasteiger partial charge on any atom is 0.244 e. The lowest BCUT2D eigenvalue weighted by Gasteiger charge is -2.13. The summed E-state index contributed by atoms with van der Waals surface area (Å²) in [4.78, 5) is 12.0. The second-order valence-electron chi connectivity index (χ2n) is 6.50. The summed E-state index contributed by atoms with van der Waals surface area (Å²) in [5.74, 6) is 0.848. The lowest BCUT2D eigenvalue weighted by molar-refractivity contribution is -0.120. The van der Waals surface area contributed by atoms with E-state index in [2.05, 4.69) is 26.5 Å². The molecule has 8 heteroatoms. The molecule has 0 saturated carbocycles. The monoisotopic (exact) mass is 520 g/mol. The van der Waals surface area contributed by atoms with Crippen molar-refractivity contribution in [2.75, 3.05) is 7.11 Å². The first-order chi connectivity index (χ1) is 15.0. The van der Waals surface area contributed by atoms with Crippen LogP contribution in [0.25, 0.3) is 0 Å². The summed E-state index contributed by atoms with van der Waals surface area (Å²) in [6.07, 6.45) is 1.79. The summed E-state index contributed by atoms with van der Waals surface area (Å²) in [5.41, 5.74) is 4.96. The lowest BCUT2D eigenvalue weighted by atomic mass is 10.1. The molecule has 31 heavy (non-hydrogen) atoms. The van der Waals surface area contributed by atoms with Gasteiger partial charge in [-0.15, -0.1) is 0 Å². The van der Waals surface area contributed by atoms with Crippen molar-refractivity contribution in [3.63, 3.8) is 0 Å². The summed E-state index contributed by atoms with van der Waals surface area (Å²) in [5, 5.41) is 5.13. The minimum Gasteiger partial charge on any atom is -0.493 e. The van der Waals surface area contributed by atoms with Gasteiger partial charge in [-0.3, -0.25) is 4.79 Å². The van der Waals surface area contributed by atoms with Crippen molar-refractivity contribution in [3.8, 4) is 11.5 Å². The molecule has 0 radical (unpaired) electrons. The number of rotatable bonds is 8. The Bertz CT molecular complexity index is 1090. The molecule has 3 rings (SSSR count). The number of hydrogen-bond donors (Lipinski definition) is 1. The number of carbonyl (C=O) groups is 1. The van der Waals surface area contributed by atoms with E-state index in [1.165, 1.54) is 6.21 Å². The van der Waals surface area contributed by atoms with Gasteiger partial charge in [0.2, 0.25) is 5.91 Å². The van der Waals surface area contributed by atoms with Gasteiger partial charge in [-0.2, -0.15) is 5.10 Å². The highest BCUT2D eigenvalue weighted by atomic mass is 79.9. The van der Waals surface area contributed by atoms with E-state index in [-0.39, 0.29) is 18.9 Å². The Labute approximate surface area is 199 Å². The molecule has 1 N–H and O–H groups in total. The summed E-state index contributed by atoms with van der Waals surface area (Å²) < 4.78 is 12.0. The van der Waals surface area contributed by atoms with Crippen LogP contribution in [-0.2, 0) is 17.8 Å². The zero-order valence-electron chi connectivity index (χ0n) is 16.6. The third-order valence-electron chi connectivity index (χ3n) is 4.28. The van der Waals surface area contributed by atoms with Gasteiger partial charge >= 0.3 is 0 Å². The molecule has 0 spiro atoms. The molecule has 0 atom stereocenters. The molecule has 160 valence electrons. The van der Waals surface area contributed by atoms with Crippen molar-refractivity contribution in [1.29, 1.82) is 0 Å². The van der Waals surface area contributed by atoms with Gasteiger partial charge in [-0.25, -0.2) is 5.43 Å². The fourth-order valence-electron chi connectivity index (χ4n) is 2.71. The maximum absolute atomic E-state index is 12.0. The molecule has 5 nitrogen and oxygen atoms in total. The van der Waals surface area contributed by atoms with E-state index < -0.39 is 0 Å². The first-order valence-electron chi connectivity index (χ1n) is 9.26. The number of carbonyl (C=O) groups excluding carboxylic acids is 1. The Kier molecular flexibility index (Phi) is 8.35. The fourth-order valence-corrected chi connectivity index (χ4v) is 3.60. The fraction of sp³-hybridized carbons (Fsp3) is 0.130. The predicted molar refractivity (Wildman–Crippen MR) is 127 cm³/mol. The van der Waals surface area contributed by atoms with E-state index in [0.717, 1.165) is 15.6 Å². The molecule has 3 aromatic carbocycles. The molecule has 0 bridgehead atoms. The molecule has 0 aliphatic rings. The summed E-state index contributed by atoms with van der Waals surface area (Å²) >= 11 is 15.6. The van der Waals surface area contributed by atoms with E-state index in [4.69, 9.17) is 32.7 Å². The number of nitrogens with zero attached hydrogens (tertiary/aromatic N) is 1. The van der Waals surface area contributed by atoms with Crippen LogP contribution in [0.3, 0.4) is 0 Å². The van der Waals surface area contributed by atoms with Gasteiger partial charge in [0.15, 0.2) is 11.5 Å². The molecular formula is C23H19BrCl2N2O3. The molecule has 0 aromatic heterocycles. The third-order valence-corrected chi connectivity index (χ3v) is 5.56. The highest BCUT2D eigenvalue weighted by molar-refractivity contribution is 9.10. The highest BCUT2D eigenvalue weighted by Gasteiger charge is 2.11. The van der Waals surface area contributed by atoms with Gasteiger partial charge < -0.3 is 9.47 Å². The first-order valence-corrected chi connectivity index (χ1v) is 10.8. The average Bonchev–Trinajstić information content (AvgIpc) is 2.75. The van der Waals surface area contributed by atoms with Crippen molar-refractivity contribution in [2.45, 2.75) is 13.0 Å². The number of nitrogens with one attached hydrogen (secondary N) is 1. The number of halogens is 3. The second-order valence-corrected chi connectivity index (χ2v) is 8.20. The zero-order valence-corrected chi connectivity index (χ0v) is 19.7. The van der Waals surface area contributed by atoms with Crippen LogP contribution in [-0.4, -0.2) is 19.2 Å². The van der Waals surface area contributed by atoms with Crippen LogP contribution in [0.5, 0.6) is 11.5 Å². The summed E-state index contributed by atoms with van der Waals surface area (Å²) in [6.45, 7) is 0.252. The molecule has 0 saturated heterocycles. The Morgan fingerprint density at radius 1 is 1.10 bits per heavy atom. The lowest BCUT2D eigenvalue weighted by Crippen LogP contribution is -2.19. The molecule has 0 heterocycles. The van der Waals surface area contributed by atoms with Gasteiger partial charge in [0.1, 0.15) is 6.61 Å². The Morgan fingerprint density at radius 2 is 1.87 bits per heavy atom. The summed E-state index contributed by atoms with van der Waals surface area (Å²) in [6, 6.07) is 18.2. The van der Waals surface area contributed by atoms with Crippen molar-refractivity contribution < 1.29 is 14.3 Å². The van der Waals surface area contributed by atoms with Crippen molar-refractivity contribution >= 4 is 51.3 Å². The predicted octanol–water partition coefficient (Wildman–Crippen LogP) is 6.04. The second kappa shape index (κ2) is 11.2. The molecule has 0 aliphatic heterocycles. The normalized spacial score (nSPS) is 10.8. The van der Waals surface area contributed by atoms with Crippen LogP contribution in [0.2, 0.25) is 10.0 Å².